The van der Waals surface area contributed by atoms with E-state index in [1.54, 1.807) is 0 Å². The summed E-state index contributed by atoms with van der Waals surface area (Å²) in [4.78, 5) is 0. The molecule has 4 atom stereocenters. The van der Waals surface area contributed by atoms with Gasteiger partial charge in [0.25, 0.3) is 0 Å². The average molecular weight is 637 g/mol. The summed E-state index contributed by atoms with van der Waals surface area (Å²) in [5, 5.41) is 0.0348. The quantitative estimate of drug-likeness (QED) is 0.0389. The number of hydrogen-bond acceptors (Lipinski definition) is 2. The number of rotatable bonds is 16. The van der Waals surface area contributed by atoms with Gasteiger partial charge in [-0.1, -0.05) is 158 Å². The first kappa shape index (κ1) is 37.6. The van der Waals surface area contributed by atoms with Crippen molar-refractivity contribution in [3.8, 4) is 11.8 Å². The molecule has 0 N–H and O–H groups in total. The molecule has 3 rings (SSSR count). The lowest BCUT2D eigenvalue weighted by atomic mass is 9.80. The van der Waals surface area contributed by atoms with Crippen LogP contribution in [0.3, 0.4) is 0 Å². The van der Waals surface area contributed by atoms with Crippen LogP contribution in [0.15, 0.2) is 103 Å². The highest BCUT2D eigenvalue weighted by Crippen LogP contribution is 2.44. The minimum Gasteiger partial charge on any atom is -0.389 e. The van der Waals surface area contributed by atoms with E-state index < -0.39 is 20.2 Å². The number of hydrogen-bond donors (Lipinski definition) is 0. The first-order chi connectivity index (χ1) is 21.9. The topological polar surface area (TPSA) is 18.5 Å². The summed E-state index contributed by atoms with van der Waals surface area (Å²) >= 11 is 0. The van der Waals surface area contributed by atoms with E-state index in [4.69, 9.17) is 9.16 Å². The zero-order valence-corrected chi connectivity index (χ0v) is 31.2. The second kappa shape index (κ2) is 17.9. The second-order valence-corrected chi connectivity index (χ2v) is 19.5. The maximum atomic E-state index is 7.40. The predicted molar refractivity (Wildman–Crippen MR) is 200 cm³/mol. The molecule has 0 aliphatic rings. The Labute approximate surface area is 283 Å². The summed E-state index contributed by atoms with van der Waals surface area (Å²) in [5.74, 6) is 8.59. The van der Waals surface area contributed by atoms with Crippen LogP contribution < -0.4 is 0 Å². The van der Waals surface area contributed by atoms with Gasteiger partial charge in [-0.25, -0.2) is 0 Å². The van der Waals surface area contributed by atoms with Gasteiger partial charge in [-0.15, -0.1) is 11.8 Å². The highest BCUT2D eigenvalue weighted by molar-refractivity contribution is 6.74. The van der Waals surface area contributed by atoms with E-state index in [-0.39, 0.29) is 5.04 Å². The van der Waals surface area contributed by atoms with Gasteiger partial charge in [-0.2, -0.15) is 0 Å². The molecule has 3 heteroatoms. The van der Waals surface area contributed by atoms with Crippen molar-refractivity contribution >= 4 is 8.32 Å². The van der Waals surface area contributed by atoms with Gasteiger partial charge in [0, 0.05) is 12.3 Å². The van der Waals surface area contributed by atoms with Gasteiger partial charge in [0.2, 0.25) is 0 Å². The maximum absolute atomic E-state index is 7.40. The highest BCUT2D eigenvalue weighted by Gasteiger charge is 2.44. The summed E-state index contributed by atoms with van der Waals surface area (Å²) in [5.41, 5.74) is 2.38. The molecule has 46 heavy (non-hydrogen) atoms. The van der Waals surface area contributed by atoms with Crippen LogP contribution >= 0.6 is 0 Å². The highest BCUT2D eigenvalue weighted by atomic mass is 28.4. The fourth-order valence-corrected chi connectivity index (χ4v) is 6.94. The molecular weight excluding hydrogens is 577 g/mol. The van der Waals surface area contributed by atoms with Gasteiger partial charge in [0.1, 0.15) is 5.60 Å². The van der Waals surface area contributed by atoms with Gasteiger partial charge in [-0.3, -0.25) is 0 Å². The molecule has 248 valence electrons. The van der Waals surface area contributed by atoms with E-state index in [9.17, 15) is 0 Å². The molecule has 0 aromatic heterocycles. The molecule has 3 aromatic rings. The van der Waals surface area contributed by atoms with Crippen molar-refractivity contribution in [2.45, 2.75) is 117 Å². The molecule has 0 radical (unpaired) electrons. The SMILES string of the molecule is CCCC(C)CC(C)C#CCCCC(C)C=CC(OC(c1ccccc1)(c1ccccc1)c1ccccc1)O[Si](C)(C)C(C)(C)C. The third-order valence-electron chi connectivity index (χ3n) is 9.49. The van der Waals surface area contributed by atoms with E-state index in [0.717, 1.165) is 41.9 Å². The molecule has 0 bridgehead atoms. The monoisotopic (exact) mass is 636 g/mol. The Bertz CT molecular complexity index is 1270. The third-order valence-corrected chi connectivity index (χ3v) is 13.9. The predicted octanol–water partition coefficient (Wildman–Crippen LogP) is 12.2. The Kier molecular flexibility index (Phi) is 14.6. The van der Waals surface area contributed by atoms with Gasteiger partial charge < -0.3 is 9.16 Å². The summed E-state index contributed by atoms with van der Waals surface area (Å²) < 4.78 is 14.5. The molecule has 0 saturated carbocycles. The number of allylic oxidation sites excluding steroid dienone is 1. The Morgan fingerprint density at radius 3 is 1.70 bits per heavy atom. The number of benzene rings is 3. The number of ether oxygens (including phenoxy) is 1. The normalized spacial score (nSPS) is 15.2. The third kappa shape index (κ3) is 10.8. The first-order valence-electron chi connectivity index (χ1n) is 17.6. The van der Waals surface area contributed by atoms with E-state index in [2.05, 4.69) is 177 Å². The van der Waals surface area contributed by atoms with Crippen LogP contribution in [0.1, 0.15) is 104 Å². The molecule has 0 fully saturated rings. The zero-order valence-electron chi connectivity index (χ0n) is 30.2. The van der Waals surface area contributed by atoms with Crippen molar-refractivity contribution in [3.05, 3.63) is 120 Å². The molecule has 0 amide bonds. The smallest absolute Gasteiger partial charge is 0.195 e. The van der Waals surface area contributed by atoms with Gasteiger partial charge >= 0.3 is 0 Å². The van der Waals surface area contributed by atoms with Crippen molar-refractivity contribution in [2.75, 3.05) is 0 Å². The van der Waals surface area contributed by atoms with Crippen molar-refractivity contribution < 1.29 is 9.16 Å². The van der Waals surface area contributed by atoms with Crippen LogP contribution in [0, 0.1) is 29.6 Å². The van der Waals surface area contributed by atoms with Crippen LogP contribution in [0.4, 0.5) is 0 Å². The van der Waals surface area contributed by atoms with Crippen molar-refractivity contribution in [1.82, 2.24) is 0 Å². The van der Waals surface area contributed by atoms with Crippen molar-refractivity contribution in [1.29, 1.82) is 0 Å². The summed E-state index contributed by atoms with van der Waals surface area (Å²) in [6, 6.07) is 31.8. The average Bonchev–Trinajstić information content (AvgIpc) is 3.03. The molecule has 0 aliphatic carbocycles. The molecule has 0 heterocycles. The van der Waals surface area contributed by atoms with Gasteiger partial charge in [0.15, 0.2) is 14.6 Å². The summed E-state index contributed by atoms with van der Waals surface area (Å²) in [7, 11) is -2.20. The Morgan fingerprint density at radius 2 is 1.24 bits per heavy atom. The van der Waals surface area contributed by atoms with Crippen molar-refractivity contribution in [2.24, 2.45) is 17.8 Å². The lowest BCUT2D eigenvalue weighted by molar-refractivity contribution is -0.122. The van der Waals surface area contributed by atoms with E-state index in [0.29, 0.717) is 11.8 Å². The molecule has 2 nitrogen and oxygen atoms in total. The molecule has 0 spiro atoms. The lowest BCUT2D eigenvalue weighted by Crippen LogP contribution is -2.47. The van der Waals surface area contributed by atoms with Crippen LogP contribution in [0.25, 0.3) is 0 Å². The molecule has 0 aliphatic heterocycles. The Morgan fingerprint density at radius 1 is 0.739 bits per heavy atom. The molecule has 4 unspecified atom stereocenters. The largest absolute Gasteiger partial charge is 0.389 e. The fourth-order valence-electron chi connectivity index (χ4n) is 5.88. The lowest BCUT2D eigenvalue weighted by Gasteiger charge is -2.43. The van der Waals surface area contributed by atoms with Crippen LogP contribution in [0.5, 0.6) is 0 Å². The van der Waals surface area contributed by atoms with Crippen molar-refractivity contribution in [3.63, 3.8) is 0 Å². The van der Waals surface area contributed by atoms with Gasteiger partial charge in [0.05, 0.1) is 0 Å². The van der Waals surface area contributed by atoms with E-state index >= 15 is 0 Å². The Hall–Kier alpha value is -2.90. The van der Waals surface area contributed by atoms with E-state index in [1.165, 1.54) is 19.3 Å². The minimum atomic E-state index is -2.20. The maximum Gasteiger partial charge on any atom is 0.195 e. The fraction of sp³-hybridized carbons (Fsp3) is 0.488. The standard InChI is InChI=1S/C43H60O2Si/c1-10-23-36(3)34-37(4)25-16-11-15-24-35(2)32-33-41(45-46(8,9)42(5,6)7)44-43(38-26-17-12-18-27-38,39-28-19-13-20-29-39)40-30-21-14-22-31-40/h12-14,17-22,26-33,35-37,41H,10-11,15,23-24,34H2,1-9H3. The second-order valence-electron chi connectivity index (χ2n) is 14.7. The number of unbranched alkanes of at least 4 members (excludes halogenated alkanes) is 1. The first-order valence-corrected chi connectivity index (χ1v) is 20.5. The van der Waals surface area contributed by atoms with E-state index in [1.807, 2.05) is 0 Å². The molecular formula is C43H60O2Si. The zero-order chi connectivity index (χ0) is 33.6. The van der Waals surface area contributed by atoms with Crippen LogP contribution in [-0.4, -0.2) is 14.6 Å². The molecule has 3 aromatic carbocycles. The van der Waals surface area contributed by atoms with Crippen LogP contribution in [0.2, 0.25) is 18.1 Å². The molecule has 0 saturated heterocycles. The minimum absolute atomic E-state index is 0.0348. The summed E-state index contributed by atoms with van der Waals surface area (Å²) in [6.45, 7) is 20.6. The summed E-state index contributed by atoms with van der Waals surface area (Å²) in [6.07, 6.45) is 10.8. The van der Waals surface area contributed by atoms with Crippen LogP contribution in [-0.2, 0) is 14.8 Å². The Balaban J connectivity index is 1.91. The van der Waals surface area contributed by atoms with Gasteiger partial charge in [-0.05, 0) is 72.0 Å².